The molecule has 4 heteroatoms. The fourth-order valence-electron chi connectivity index (χ4n) is 2.54. The Morgan fingerprint density at radius 1 is 1.40 bits per heavy atom. The van der Waals surface area contributed by atoms with Crippen molar-refractivity contribution in [3.8, 4) is 0 Å². The second-order valence-corrected chi connectivity index (χ2v) is 5.43. The average Bonchev–Trinajstić information content (AvgIpc) is 2.99. The van der Waals surface area contributed by atoms with E-state index in [0.717, 1.165) is 38.2 Å². The molecule has 4 nitrogen and oxygen atoms in total. The Balaban J connectivity index is 1.73. The first kappa shape index (κ1) is 15.0. The lowest BCUT2D eigenvalue weighted by Gasteiger charge is -2.16. The summed E-state index contributed by atoms with van der Waals surface area (Å²) in [5.74, 6) is 0.522. The van der Waals surface area contributed by atoms with E-state index in [0.29, 0.717) is 18.9 Å². The molecule has 0 bridgehead atoms. The van der Waals surface area contributed by atoms with Gasteiger partial charge >= 0.3 is 0 Å². The summed E-state index contributed by atoms with van der Waals surface area (Å²) < 4.78 is 5.33. The lowest BCUT2D eigenvalue weighted by atomic mass is 9.98. The molecule has 0 spiro atoms. The zero-order chi connectivity index (χ0) is 14.2. The third kappa shape index (κ3) is 4.62. The van der Waals surface area contributed by atoms with Crippen molar-refractivity contribution in [2.45, 2.75) is 19.3 Å². The molecule has 3 N–H and O–H groups in total. The summed E-state index contributed by atoms with van der Waals surface area (Å²) in [6.45, 7) is 2.80. The highest BCUT2D eigenvalue weighted by Gasteiger charge is 2.19. The van der Waals surface area contributed by atoms with Gasteiger partial charge in [-0.3, -0.25) is 4.79 Å². The number of nitrogens with one attached hydrogen (secondary N) is 1. The molecular weight excluding hydrogens is 252 g/mol. The second-order valence-electron chi connectivity index (χ2n) is 5.43. The van der Waals surface area contributed by atoms with E-state index in [4.69, 9.17) is 10.5 Å². The zero-order valence-electron chi connectivity index (χ0n) is 11.9. The van der Waals surface area contributed by atoms with Gasteiger partial charge in [-0.15, -0.1) is 0 Å². The molecule has 110 valence electrons. The van der Waals surface area contributed by atoms with Crippen molar-refractivity contribution in [2.24, 2.45) is 17.6 Å². The second kappa shape index (κ2) is 8.02. The van der Waals surface area contributed by atoms with Crippen molar-refractivity contribution in [1.82, 2.24) is 5.32 Å². The number of rotatable bonds is 7. The van der Waals surface area contributed by atoms with Crippen molar-refractivity contribution < 1.29 is 9.53 Å². The van der Waals surface area contributed by atoms with E-state index in [1.807, 2.05) is 30.3 Å². The summed E-state index contributed by atoms with van der Waals surface area (Å²) in [7, 11) is 0. The van der Waals surface area contributed by atoms with Crippen LogP contribution in [0.2, 0.25) is 0 Å². The van der Waals surface area contributed by atoms with Gasteiger partial charge in [0.05, 0.1) is 5.92 Å². The minimum Gasteiger partial charge on any atom is -0.381 e. The molecule has 1 fully saturated rings. The molecule has 0 radical (unpaired) electrons. The van der Waals surface area contributed by atoms with Gasteiger partial charge < -0.3 is 15.8 Å². The normalized spacial score (nSPS) is 19.8. The molecule has 0 aliphatic carbocycles. The van der Waals surface area contributed by atoms with E-state index in [1.54, 1.807) is 0 Å². The highest BCUT2D eigenvalue weighted by molar-refractivity contribution is 5.79. The topological polar surface area (TPSA) is 64.4 Å². The van der Waals surface area contributed by atoms with Crippen molar-refractivity contribution in [2.75, 3.05) is 26.3 Å². The molecule has 20 heavy (non-hydrogen) atoms. The Labute approximate surface area is 120 Å². The number of benzene rings is 1. The fraction of sp³-hybridized carbons (Fsp3) is 0.562. The largest absolute Gasteiger partial charge is 0.381 e. The van der Waals surface area contributed by atoms with Crippen molar-refractivity contribution in [3.05, 3.63) is 35.9 Å². The molecule has 1 aliphatic heterocycles. The van der Waals surface area contributed by atoms with Crippen molar-refractivity contribution in [1.29, 1.82) is 0 Å². The maximum absolute atomic E-state index is 12.1. The molecule has 1 aromatic carbocycles. The van der Waals surface area contributed by atoms with E-state index in [1.165, 1.54) is 0 Å². The van der Waals surface area contributed by atoms with Gasteiger partial charge in [-0.25, -0.2) is 0 Å². The average molecular weight is 276 g/mol. The standard InChI is InChI=1S/C16H24N2O2/c17-11-15(10-13-4-2-1-3-5-13)16(19)18-8-6-14-7-9-20-12-14/h1-5,14-15H,6-12,17H2,(H,18,19). The molecule has 2 atom stereocenters. The van der Waals surface area contributed by atoms with Crippen LogP contribution in [0, 0.1) is 11.8 Å². The van der Waals surface area contributed by atoms with Gasteiger partial charge in [0, 0.05) is 26.3 Å². The highest BCUT2D eigenvalue weighted by atomic mass is 16.5. The number of amides is 1. The molecule has 0 aromatic heterocycles. The molecule has 1 saturated heterocycles. The van der Waals surface area contributed by atoms with Crippen LogP contribution in [-0.2, 0) is 16.0 Å². The summed E-state index contributed by atoms with van der Waals surface area (Å²) in [6.07, 6.45) is 2.81. The maximum atomic E-state index is 12.1. The summed E-state index contributed by atoms with van der Waals surface area (Å²) in [5.41, 5.74) is 6.89. The number of carbonyl (C=O) groups excluding carboxylic acids is 1. The van der Waals surface area contributed by atoms with Crippen LogP contribution in [0.3, 0.4) is 0 Å². The van der Waals surface area contributed by atoms with E-state index in [2.05, 4.69) is 5.32 Å². The molecule has 1 amide bonds. The van der Waals surface area contributed by atoms with Gasteiger partial charge in [0.2, 0.25) is 5.91 Å². The third-order valence-corrected chi connectivity index (χ3v) is 3.86. The van der Waals surface area contributed by atoms with Gasteiger partial charge in [-0.1, -0.05) is 30.3 Å². The van der Waals surface area contributed by atoms with Crippen LogP contribution in [0.25, 0.3) is 0 Å². The van der Waals surface area contributed by atoms with Crippen LogP contribution in [0.5, 0.6) is 0 Å². The number of nitrogens with two attached hydrogens (primary N) is 1. The van der Waals surface area contributed by atoms with Crippen LogP contribution < -0.4 is 11.1 Å². The molecule has 2 rings (SSSR count). The first-order chi connectivity index (χ1) is 9.79. The zero-order valence-corrected chi connectivity index (χ0v) is 11.9. The fourth-order valence-corrected chi connectivity index (χ4v) is 2.54. The molecule has 2 unspecified atom stereocenters. The Morgan fingerprint density at radius 2 is 2.20 bits per heavy atom. The van der Waals surface area contributed by atoms with Crippen LogP contribution in [0.15, 0.2) is 30.3 Å². The number of hydrogen-bond donors (Lipinski definition) is 2. The Morgan fingerprint density at radius 3 is 2.85 bits per heavy atom. The van der Waals surface area contributed by atoms with Gasteiger partial charge in [-0.2, -0.15) is 0 Å². The van der Waals surface area contributed by atoms with Gasteiger partial charge in [0.15, 0.2) is 0 Å². The molecule has 1 aliphatic rings. The molecule has 1 heterocycles. The van der Waals surface area contributed by atoms with Crippen molar-refractivity contribution >= 4 is 5.91 Å². The first-order valence-corrected chi connectivity index (χ1v) is 7.39. The predicted octanol–water partition coefficient (Wildman–Crippen LogP) is 1.35. The smallest absolute Gasteiger partial charge is 0.224 e. The Bertz CT molecular complexity index is 402. The minimum atomic E-state index is -0.141. The lowest BCUT2D eigenvalue weighted by molar-refractivity contribution is -0.124. The van der Waals surface area contributed by atoms with Gasteiger partial charge in [0.1, 0.15) is 0 Å². The summed E-state index contributed by atoms with van der Waals surface area (Å²) in [6, 6.07) is 10.0. The van der Waals surface area contributed by atoms with E-state index >= 15 is 0 Å². The molecule has 1 aromatic rings. The third-order valence-electron chi connectivity index (χ3n) is 3.86. The summed E-state index contributed by atoms with van der Waals surface area (Å²) in [5, 5.41) is 3.01. The van der Waals surface area contributed by atoms with Crippen LogP contribution in [0.4, 0.5) is 0 Å². The van der Waals surface area contributed by atoms with Crippen molar-refractivity contribution in [3.63, 3.8) is 0 Å². The maximum Gasteiger partial charge on any atom is 0.224 e. The van der Waals surface area contributed by atoms with Crippen LogP contribution in [-0.4, -0.2) is 32.2 Å². The molecule has 0 saturated carbocycles. The highest BCUT2D eigenvalue weighted by Crippen LogP contribution is 2.15. The van der Waals surface area contributed by atoms with E-state index in [-0.39, 0.29) is 11.8 Å². The number of carbonyl (C=O) groups is 1. The Kier molecular flexibility index (Phi) is 6.02. The number of hydrogen-bond acceptors (Lipinski definition) is 3. The minimum absolute atomic E-state index is 0.0651. The van der Waals surface area contributed by atoms with Gasteiger partial charge in [0.25, 0.3) is 0 Å². The number of ether oxygens (including phenoxy) is 1. The van der Waals surface area contributed by atoms with Gasteiger partial charge in [-0.05, 0) is 30.7 Å². The first-order valence-electron chi connectivity index (χ1n) is 7.39. The predicted molar refractivity (Wildman–Crippen MR) is 79.2 cm³/mol. The summed E-state index contributed by atoms with van der Waals surface area (Å²) >= 11 is 0. The SMILES string of the molecule is NCC(Cc1ccccc1)C(=O)NCCC1CCOC1. The summed E-state index contributed by atoms with van der Waals surface area (Å²) in [4.78, 5) is 12.1. The lowest BCUT2D eigenvalue weighted by Crippen LogP contribution is -2.37. The monoisotopic (exact) mass is 276 g/mol. The Hall–Kier alpha value is -1.39. The van der Waals surface area contributed by atoms with Crippen LogP contribution in [0.1, 0.15) is 18.4 Å². The van der Waals surface area contributed by atoms with E-state index < -0.39 is 0 Å². The van der Waals surface area contributed by atoms with E-state index in [9.17, 15) is 4.79 Å². The van der Waals surface area contributed by atoms with Crippen LogP contribution >= 0.6 is 0 Å². The quantitative estimate of drug-likeness (QED) is 0.790. The molecular formula is C16H24N2O2.